The van der Waals surface area contributed by atoms with Crippen LogP contribution in [0.4, 0.5) is 4.39 Å². The number of carbonyl (C=O) groups excluding carboxylic acids is 1. The van der Waals surface area contributed by atoms with Crippen LogP contribution >= 0.6 is 8.58 Å². The number of halogens is 1. The summed E-state index contributed by atoms with van der Waals surface area (Å²) in [6.07, 6.45) is 0.750. The standard InChI is InChI=1S/C22H28FO5P/c1-7-22(3,29-20-9-8-15(23)10-17(20)14(2)24)18-11-16(26-5)12-19(27-6)21(18)28-13-25-4/h8-12,29H,7,13H2,1-6H3. The van der Waals surface area contributed by atoms with Crippen molar-refractivity contribution in [3.63, 3.8) is 0 Å². The molecule has 2 aromatic rings. The minimum atomic E-state index is -0.422. The number of hydrogen-bond acceptors (Lipinski definition) is 5. The van der Waals surface area contributed by atoms with E-state index < -0.39 is 11.0 Å². The largest absolute Gasteiger partial charge is 0.497 e. The molecule has 2 rings (SSSR count). The molecule has 0 radical (unpaired) electrons. The fraction of sp³-hybridized carbons (Fsp3) is 0.409. The highest BCUT2D eigenvalue weighted by molar-refractivity contribution is 7.48. The van der Waals surface area contributed by atoms with Crippen molar-refractivity contribution in [1.82, 2.24) is 0 Å². The zero-order valence-electron chi connectivity index (χ0n) is 17.7. The molecule has 0 saturated heterocycles. The molecule has 0 aliphatic carbocycles. The highest BCUT2D eigenvalue weighted by Crippen LogP contribution is 2.51. The summed E-state index contributed by atoms with van der Waals surface area (Å²) >= 11 is 0. The second-order valence-electron chi connectivity index (χ2n) is 6.81. The molecular formula is C22H28FO5P. The first-order valence-electron chi connectivity index (χ1n) is 9.26. The number of carbonyl (C=O) groups is 1. The lowest BCUT2D eigenvalue weighted by Crippen LogP contribution is -2.23. The molecule has 0 amide bonds. The van der Waals surface area contributed by atoms with Crippen molar-refractivity contribution in [2.75, 3.05) is 28.1 Å². The monoisotopic (exact) mass is 422 g/mol. The molecule has 0 aliphatic heterocycles. The molecule has 0 fully saturated rings. The van der Waals surface area contributed by atoms with Gasteiger partial charge in [0, 0.05) is 29.5 Å². The van der Waals surface area contributed by atoms with Gasteiger partial charge in [-0.3, -0.25) is 4.79 Å². The van der Waals surface area contributed by atoms with Crippen molar-refractivity contribution >= 4 is 19.7 Å². The molecule has 2 unspecified atom stereocenters. The zero-order chi connectivity index (χ0) is 21.6. The molecule has 7 heteroatoms. The van der Waals surface area contributed by atoms with Crippen LogP contribution in [-0.4, -0.2) is 33.9 Å². The Morgan fingerprint density at radius 1 is 1.14 bits per heavy atom. The fourth-order valence-corrected chi connectivity index (χ4v) is 4.72. The van der Waals surface area contributed by atoms with Gasteiger partial charge < -0.3 is 18.9 Å². The molecular weight excluding hydrogens is 394 g/mol. The van der Waals surface area contributed by atoms with Crippen LogP contribution in [0.3, 0.4) is 0 Å². The van der Waals surface area contributed by atoms with Crippen LogP contribution in [-0.2, 0) is 9.89 Å². The summed E-state index contributed by atoms with van der Waals surface area (Å²) in [4.78, 5) is 12.1. The van der Waals surface area contributed by atoms with Gasteiger partial charge in [0.05, 0.1) is 14.2 Å². The average molecular weight is 422 g/mol. The number of Topliss-reactive ketones (excluding diaryl/α,β-unsaturated/α-hetero) is 1. The Bertz CT molecular complexity index is 871. The molecule has 158 valence electrons. The predicted molar refractivity (Wildman–Crippen MR) is 114 cm³/mol. The molecule has 2 atom stereocenters. The minimum absolute atomic E-state index is 0.0633. The summed E-state index contributed by atoms with van der Waals surface area (Å²) < 4.78 is 35.7. The van der Waals surface area contributed by atoms with Gasteiger partial charge in [0.25, 0.3) is 0 Å². The van der Waals surface area contributed by atoms with Gasteiger partial charge >= 0.3 is 0 Å². The Morgan fingerprint density at radius 2 is 1.86 bits per heavy atom. The predicted octanol–water partition coefficient (Wildman–Crippen LogP) is 4.66. The van der Waals surface area contributed by atoms with Gasteiger partial charge in [0.1, 0.15) is 11.6 Å². The Labute approximate surface area is 173 Å². The Hall–Kier alpha value is -2.17. The van der Waals surface area contributed by atoms with E-state index in [1.807, 2.05) is 6.07 Å². The lowest BCUT2D eigenvalue weighted by molar-refractivity contribution is 0.0479. The van der Waals surface area contributed by atoms with Crippen molar-refractivity contribution in [3.05, 3.63) is 47.3 Å². The maximum Gasteiger partial charge on any atom is 0.188 e. The molecule has 0 spiro atoms. The maximum absolute atomic E-state index is 13.7. The van der Waals surface area contributed by atoms with Crippen molar-refractivity contribution in [3.8, 4) is 17.2 Å². The number of rotatable bonds is 10. The normalized spacial score (nSPS) is 13.3. The van der Waals surface area contributed by atoms with E-state index in [2.05, 4.69) is 13.8 Å². The topological polar surface area (TPSA) is 54.0 Å². The highest BCUT2D eigenvalue weighted by atomic mass is 31.1. The van der Waals surface area contributed by atoms with E-state index in [-0.39, 0.29) is 21.2 Å². The second-order valence-corrected chi connectivity index (χ2v) is 8.71. The Kier molecular flexibility index (Phi) is 8.00. The third-order valence-corrected chi connectivity index (χ3v) is 6.76. The van der Waals surface area contributed by atoms with Gasteiger partial charge in [-0.05, 0) is 36.8 Å². The van der Waals surface area contributed by atoms with E-state index in [4.69, 9.17) is 18.9 Å². The minimum Gasteiger partial charge on any atom is -0.497 e. The first-order chi connectivity index (χ1) is 13.8. The fourth-order valence-electron chi connectivity index (χ4n) is 3.08. The second kappa shape index (κ2) is 10.0. The van der Waals surface area contributed by atoms with Gasteiger partial charge in [-0.1, -0.05) is 28.5 Å². The first-order valence-corrected chi connectivity index (χ1v) is 10.3. The molecule has 0 aliphatic rings. The van der Waals surface area contributed by atoms with Crippen molar-refractivity contribution in [2.45, 2.75) is 32.3 Å². The van der Waals surface area contributed by atoms with Gasteiger partial charge in [0.15, 0.2) is 24.1 Å². The lowest BCUT2D eigenvalue weighted by atomic mass is 9.95. The van der Waals surface area contributed by atoms with Crippen LogP contribution in [0.2, 0.25) is 0 Å². The Balaban J connectivity index is 2.63. The van der Waals surface area contributed by atoms with Gasteiger partial charge in [-0.2, -0.15) is 0 Å². The summed E-state index contributed by atoms with van der Waals surface area (Å²) in [6.45, 7) is 5.67. The first kappa shape index (κ1) is 23.1. The van der Waals surface area contributed by atoms with Crippen LogP contribution in [0.1, 0.15) is 43.1 Å². The highest BCUT2D eigenvalue weighted by Gasteiger charge is 2.32. The molecule has 0 saturated carbocycles. The SMILES string of the molecule is CCC(C)(Pc1ccc(F)cc1C(C)=O)c1cc(OC)cc(OC)c1OCOC. The molecule has 29 heavy (non-hydrogen) atoms. The van der Waals surface area contributed by atoms with Crippen LogP contribution in [0.5, 0.6) is 17.2 Å². The van der Waals surface area contributed by atoms with E-state index in [9.17, 15) is 9.18 Å². The average Bonchev–Trinajstić information content (AvgIpc) is 2.72. The third-order valence-electron chi connectivity index (χ3n) is 4.88. The molecule has 0 bridgehead atoms. The molecule has 0 aromatic heterocycles. The van der Waals surface area contributed by atoms with Crippen molar-refractivity contribution < 1.29 is 28.1 Å². The number of ketones is 1. The lowest BCUT2D eigenvalue weighted by Gasteiger charge is -2.32. The summed E-state index contributed by atoms with van der Waals surface area (Å²) in [6, 6.07) is 8.05. The van der Waals surface area contributed by atoms with E-state index in [0.717, 1.165) is 17.3 Å². The quantitative estimate of drug-likeness (QED) is 0.317. The van der Waals surface area contributed by atoms with E-state index in [1.54, 1.807) is 33.5 Å². The summed E-state index contributed by atoms with van der Waals surface area (Å²) in [5.41, 5.74) is 1.28. The van der Waals surface area contributed by atoms with Crippen LogP contribution < -0.4 is 19.5 Å². The summed E-state index contributed by atoms with van der Waals surface area (Å²) in [7, 11) is 4.90. The van der Waals surface area contributed by atoms with Crippen LogP contribution in [0, 0.1) is 5.82 Å². The number of benzene rings is 2. The smallest absolute Gasteiger partial charge is 0.188 e. The zero-order valence-corrected chi connectivity index (χ0v) is 18.7. The van der Waals surface area contributed by atoms with E-state index >= 15 is 0 Å². The van der Waals surface area contributed by atoms with Crippen LogP contribution in [0.25, 0.3) is 0 Å². The maximum atomic E-state index is 13.7. The van der Waals surface area contributed by atoms with E-state index in [0.29, 0.717) is 22.8 Å². The number of methoxy groups -OCH3 is 3. The van der Waals surface area contributed by atoms with E-state index in [1.165, 1.54) is 19.1 Å². The molecule has 0 N–H and O–H groups in total. The molecule has 5 nitrogen and oxygen atoms in total. The molecule has 0 heterocycles. The van der Waals surface area contributed by atoms with Crippen LogP contribution in [0.15, 0.2) is 30.3 Å². The van der Waals surface area contributed by atoms with Gasteiger partial charge in [0.2, 0.25) is 0 Å². The number of ether oxygens (including phenoxy) is 4. The third kappa shape index (κ3) is 5.26. The van der Waals surface area contributed by atoms with Gasteiger partial charge in [-0.15, -0.1) is 0 Å². The van der Waals surface area contributed by atoms with Gasteiger partial charge in [-0.25, -0.2) is 4.39 Å². The summed E-state index contributed by atoms with van der Waals surface area (Å²) in [5, 5.41) is 0.398. The molecule has 2 aromatic carbocycles. The van der Waals surface area contributed by atoms with Crippen molar-refractivity contribution in [2.24, 2.45) is 0 Å². The van der Waals surface area contributed by atoms with Crippen molar-refractivity contribution in [1.29, 1.82) is 0 Å². The Morgan fingerprint density at radius 3 is 2.41 bits per heavy atom. The number of hydrogen-bond donors (Lipinski definition) is 0. The summed E-state index contributed by atoms with van der Waals surface area (Å²) in [5.74, 6) is 1.15.